The van der Waals surface area contributed by atoms with Gasteiger partial charge in [-0.3, -0.25) is 4.79 Å². The number of nitrogens with one attached hydrogen (secondary N) is 1. The van der Waals surface area contributed by atoms with Gasteiger partial charge in [-0.25, -0.2) is 4.98 Å². The number of H-pyrrole nitrogens is 1. The topological polar surface area (TPSA) is 81.0 Å². The third-order valence-electron chi connectivity index (χ3n) is 4.07. The van der Waals surface area contributed by atoms with Gasteiger partial charge in [0.05, 0.1) is 11.5 Å². The summed E-state index contributed by atoms with van der Waals surface area (Å²) in [6, 6.07) is 0. The van der Waals surface area contributed by atoms with Gasteiger partial charge in [0.15, 0.2) is 0 Å². The van der Waals surface area contributed by atoms with Crippen molar-refractivity contribution in [3.05, 3.63) is 26.6 Å². The molecule has 6 heteroatoms. The molecule has 2 heterocycles. The van der Waals surface area contributed by atoms with Crippen molar-refractivity contribution in [3.8, 4) is 0 Å². The second-order valence-corrected chi connectivity index (χ2v) is 6.69. The molecule has 3 N–H and O–H groups in total. The third kappa shape index (κ3) is 2.39. The quantitative estimate of drug-likeness (QED) is 0.901. The van der Waals surface area contributed by atoms with Crippen LogP contribution in [0.2, 0.25) is 0 Å². The van der Waals surface area contributed by atoms with E-state index in [9.17, 15) is 4.79 Å². The lowest BCUT2D eigenvalue weighted by Crippen LogP contribution is -2.35. The standard InChI is InChI=1S/C14H19N3O2S/c1-7-8(2)20-14-12(7)13(18)16-11(17-14)6-19-10-3-9(4-10)5-15/h9-10H,3-6,15H2,1-2H3,(H,16,17,18). The van der Waals surface area contributed by atoms with E-state index in [1.807, 2.05) is 13.8 Å². The zero-order chi connectivity index (χ0) is 14.3. The molecule has 0 atom stereocenters. The van der Waals surface area contributed by atoms with Crippen molar-refractivity contribution >= 4 is 21.6 Å². The monoisotopic (exact) mass is 293 g/mol. The maximum absolute atomic E-state index is 12.1. The van der Waals surface area contributed by atoms with Crippen LogP contribution < -0.4 is 11.3 Å². The number of nitrogens with zero attached hydrogens (tertiary/aromatic N) is 1. The Bertz CT molecular complexity index is 686. The summed E-state index contributed by atoms with van der Waals surface area (Å²) in [5.41, 5.74) is 6.55. The molecular formula is C14H19N3O2S. The molecule has 108 valence electrons. The van der Waals surface area contributed by atoms with Gasteiger partial charge in [0.25, 0.3) is 5.56 Å². The molecule has 1 fully saturated rings. The Balaban J connectivity index is 1.75. The third-order valence-corrected chi connectivity index (χ3v) is 5.17. The smallest absolute Gasteiger partial charge is 0.259 e. The molecule has 20 heavy (non-hydrogen) atoms. The zero-order valence-corrected chi connectivity index (χ0v) is 12.5. The Hall–Kier alpha value is -1.24. The summed E-state index contributed by atoms with van der Waals surface area (Å²) in [5, 5.41) is 0.711. The number of thiophene rings is 1. The van der Waals surface area contributed by atoms with Gasteiger partial charge in [-0.05, 0) is 44.7 Å². The van der Waals surface area contributed by atoms with E-state index >= 15 is 0 Å². The molecule has 2 aromatic rings. The van der Waals surface area contributed by atoms with Crippen molar-refractivity contribution in [3.63, 3.8) is 0 Å². The second-order valence-electron chi connectivity index (χ2n) is 5.48. The maximum Gasteiger partial charge on any atom is 0.259 e. The SMILES string of the molecule is Cc1sc2nc(COC3CC(CN)C3)[nH]c(=O)c2c1C. The second kappa shape index (κ2) is 5.27. The highest BCUT2D eigenvalue weighted by atomic mass is 32.1. The molecule has 2 aromatic heterocycles. The predicted molar refractivity (Wildman–Crippen MR) is 80.1 cm³/mol. The summed E-state index contributed by atoms with van der Waals surface area (Å²) >= 11 is 1.56. The summed E-state index contributed by atoms with van der Waals surface area (Å²) in [5.74, 6) is 1.21. The van der Waals surface area contributed by atoms with E-state index in [0.29, 0.717) is 23.7 Å². The first-order valence-corrected chi connectivity index (χ1v) is 7.70. The molecule has 0 aliphatic heterocycles. The van der Waals surface area contributed by atoms with Crippen molar-refractivity contribution < 1.29 is 4.74 Å². The van der Waals surface area contributed by atoms with Gasteiger partial charge in [0.2, 0.25) is 0 Å². The lowest BCUT2D eigenvalue weighted by atomic mass is 9.82. The largest absolute Gasteiger partial charge is 0.370 e. The van der Waals surface area contributed by atoms with Crippen LogP contribution in [0.25, 0.3) is 10.2 Å². The normalized spacial score (nSPS) is 22.1. The number of hydrogen-bond acceptors (Lipinski definition) is 5. The number of nitrogens with two attached hydrogens (primary N) is 1. The number of hydrogen-bond donors (Lipinski definition) is 2. The van der Waals surface area contributed by atoms with E-state index in [0.717, 1.165) is 34.7 Å². The van der Waals surface area contributed by atoms with Crippen molar-refractivity contribution in [1.29, 1.82) is 0 Å². The van der Waals surface area contributed by atoms with Crippen molar-refractivity contribution in [2.75, 3.05) is 6.54 Å². The van der Waals surface area contributed by atoms with Crippen LogP contribution in [0.3, 0.4) is 0 Å². The highest BCUT2D eigenvalue weighted by Crippen LogP contribution is 2.30. The molecule has 0 aromatic carbocycles. The molecule has 0 radical (unpaired) electrons. The summed E-state index contributed by atoms with van der Waals surface area (Å²) in [6.07, 6.45) is 2.29. The predicted octanol–water partition coefficient (Wildman–Crippen LogP) is 1.86. The summed E-state index contributed by atoms with van der Waals surface area (Å²) in [7, 11) is 0. The highest BCUT2D eigenvalue weighted by Gasteiger charge is 2.28. The van der Waals surface area contributed by atoms with E-state index in [-0.39, 0.29) is 11.7 Å². The fourth-order valence-corrected chi connectivity index (χ4v) is 3.62. The van der Waals surface area contributed by atoms with Crippen molar-refractivity contribution in [1.82, 2.24) is 9.97 Å². The minimum Gasteiger partial charge on any atom is -0.370 e. The van der Waals surface area contributed by atoms with Gasteiger partial charge in [-0.1, -0.05) is 0 Å². The fourth-order valence-electron chi connectivity index (χ4n) is 2.57. The van der Waals surface area contributed by atoms with E-state index in [1.165, 1.54) is 0 Å². The van der Waals surface area contributed by atoms with Gasteiger partial charge >= 0.3 is 0 Å². The van der Waals surface area contributed by atoms with Gasteiger partial charge in [-0.15, -0.1) is 11.3 Å². The van der Waals surface area contributed by atoms with Crippen LogP contribution in [-0.2, 0) is 11.3 Å². The number of fused-ring (bicyclic) bond motifs is 1. The molecule has 0 saturated heterocycles. The number of aryl methyl sites for hydroxylation is 2. The first-order chi connectivity index (χ1) is 9.58. The van der Waals surface area contributed by atoms with Gasteiger partial charge < -0.3 is 15.5 Å². The van der Waals surface area contributed by atoms with Gasteiger partial charge in [0.1, 0.15) is 17.3 Å². The molecular weight excluding hydrogens is 274 g/mol. The Kier molecular flexibility index (Phi) is 3.62. The highest BCUT2D eigenvalue weighted by molar-refractivity contribution is 7.18. The minimum atomic E-state index is -0.0658. The molecule has 0 amide bonds. The summed E-state index contributed by atoms with van der Waals surface area (Å²) < 4.78 is 5.75. The maximum atomic E-state index is 12.1. The van der Waals surface area contributed by atoms with Crippen LogP contribution in [0, 0.1) is 19.8 Å². The first-order valence-electron chi connectivity index (χ1n) is 6.89. The lowest BCUT2D eigenvalue weighted by Gasteiger charge is -2.34. The number of ether oxygens (including phenoxy) is 1. The van der Waals surface area contributed by atoms with E-state index in [4.69, 9.17) is 10.5 Å². The van der Waals surface area contributed by atoms with E-state index in [1.54, 1.807) is 11.3 Å². The fraction of sp³-hybridized carbons (Fsp3) is 0.571. The lowest BCUT2D eigenvalue weighted by molar-refractivity contribution is -0.0399. The van der Waals surface area contributed by atoms with E-state index < -0.39 is 0 Å². The van der Waals surface area contributed by atoms with Crippen molar-refractivity contribution in [2.24, 2.45) is 11.7 Å². The van der Waals surface area contributed by atoms with Crippen LogP contribution in [0.4, 0.5) is 0 Å². The van der Waals surface area contributed by atoms with Gasteiger partial charge in [0, 0.05) is 4.88 Å². The van der Waals surface area contributed by atoms with E-state index in [2.05, 4.69) is 9.97 Å². The summed E-state index contributed by atoms with van der Waals surface area (Å²) in [4.78, 5) is 21.4. The molecule has 0 bridgehead atoms. The molecule has 0 spiro atoms. The molecule has 1 aliphatic rings. The summed E-state index contributed by atoms with van der Waals surface area (Å²) in [6.45, 7) is 5.07. The number of aromatic nitrogens is 2. The molecule has 1 aliphatic carbocycles. The molecule has 5 nitrogen and oxygen atoms in total. The molecule has 0 unspecified atom stereocenters. The van der Waals surface area contributed by atoms with Gasteiger partial charge in [-0.2, -0.15) is 0 Å². The van der Waals surface area contributed by atoms with Crippen LogP contribution in [0.1, 0.15) is 29.1 Å². The average molecular weight is 293 g/mol. The van der Waals surface area contributed by atoms with Crippen LogP contribution in [0.15, 0.2) is 4.79 Å². The first kappa shape index (κ1) is 13.7. The Morgan fingerprint density at radius 3 is 2.90 bits per heavy atom. The Morgan fingerprint density at radius 1 is 1.45 bits per heavy atom. The molecule has 3 rings (SSSR count). The van der Waals surface area contributed by atoms with Crippen LogP contribution >= 0.6 is 11.3 Å². The minimum absolute atomic E-state index is 0.0658. The van der Waals surface area contributed by atoms with Crippen LogP contribution in [0.5, 0.6) is 0 Å². The average Bonchev–Trinajstić information content (AvgIpc) is 2.63. The number of rotatable bonds is 4. The molecule has 1 saturated carbocycles. The zero-order valence-electron chi connectivity index (χ0n) is 11.7. The van der Waals surface area contributed by atoms with Crippen molar-refractivity contribution in [2.45, 2.75) is 39.4 Å². The van der Waals surface area contributed by atoms with Crippen LogP contribution in [-0.4, -0.2) is 22.6 Å². The Labute approximate surface area is 121 Å². The Morgan fingerprint density at radius 2 is 2.20 bits per heavy atom. The number of aromatic amines is 1.